The summed E-state index contributed by atoms with van der Waals surface area (Å²) in [6.07, 6.45) is 1.05. The van der Waals surface area contributed by atoms with E-state index in [-0.39, 0.29) is 24.0 Å². The first-order valence-corrected chi connectivity index (χ1v) is 8.19. The minimum absolute atomic E-state index is 0.0636. The average Bonchev–Trinajstić information content (AvgIpc) is 3.42. The fourth-order valence-electron chi connectivity index (χ4n) is 3.23. The van der Waals surface area contributed by atoms with Gasteiger partial charge in [0.15, 0.2) is 11.5 Å². The van der Waals surface area contributed by atoms with Crippen molar-refractivity contribution in [3.8, 4) is 22.6 Å². The first kappa shape index (κ1) is 15.4. The Kier molecular flexibility index (Phi) is 3.68. The molecular formula is C19H18F2O3. The average molecular weight is 332 g/mol. The molecule has 2 aromatic rings. The molecule has 1 aliphatic heterocycles. The smallest absolute Gasteiger partial charge is 0.207 e. The van der Waals surface area contributed by atoms with Crippen molar-refractivity contribution >= 4 is 0 Å². The van der Waals surface area contributed by atoms with Gasteiger partial charge >= 0.3 is 0 Å². The van der Waals surface area contributed by atoms with Gasteiger partial charge in [0.1, 0.15) is 12.4 Å². The molecule has 1 aliphatic carbocycles. The summed E-state index contributed by atoms with van der Waals surface area (Å²) in [5.74, 6) is -0.667. The summed E-state index contributed by atoms with van der Waals surface area (Å²) in [4.78, 5) is 0. The van der Waals surface area contributed by atoms with E-state index in [9.17, 15) is 13.9 Å². The summed E-state index contributed by atoms with van der Waals surface area (Å²) in [5.41, 5.74) is 1.77. The second kappa shape index (κ2) is 5.74. The van der Waals surface area contributed by atoms with Gasteiger partial charge in [-0.05, 0) is 43.4 Å². The maximum atomic E-state index is 14.8. The third-order valence-electron chi connectivity index (χ3n) is 4.67. The third-order valence-corrected chi connectivity index (χ3v) is 4.67. The Morgan fingerprint density at radius 3 is 2.62 bits per heavy atom. The lowest BCUT2D eigenvalue weighted by Crippen LogP contribution is -2.13. The minimum atomic E-state index is -0.784. The largest absolute Gasteiger partial charge is 0.491 e. The Balaban J connectivity index is 1.79. The van der Waals surface area contributed by atoms with Crippen LogP contribution in [0.25, 0.3) is 11.1 Å². The molecule has 3 nitrogen and oxygen atoms in total. The van der Waals surface area contributed by atoms with E-state index >= 15 is 0 Å². The summed E-state index contributed by atoms with van der Waals surface area (Å²) in [6, 6.07) is 6.54. The number of benzene rings is 2. The summed E-state index contributed by atoms with van der Waals surface area (Å²) in [7, 11) is 0. The molecule has 1 N–H and O–H groups in total. The van der Waals surface area contributed by atoms with E-state index in [2.05, 4.69) is 0 Å². The minimum Gasteiger partial charge on any atom is -0.491 e. The van der Waals surface area contributed by atoms with E-state index in [0.29, 0.717) is 28.9 Å². The van der Waals surface area contributed by atoms with Crippen molar-refractivity contribution in [3.63, 3.8) is 0 Å². The number of ether oxygens (including phenoxy) is 2. The lowest BCUT2D eigenvalue weighted by atomic mass is 9.92. The zero-order valence-electron chi connectivity index (χ0n) is 13.3. The first-order valence-electron chi connectivity index (χ1n) is 8.19. The van der Waals surface area contributed by atoms with Gasteiger partial charge in [-0.1, -0.05) is 12.1 Å². The monoisotopic (exact) mass is 332 g/mol. The Morgan fingerprint density at radius 2 is 1.92 bits per heavy atom. The highest BCUT2D eigenvalue weighted by molar-refractivity contribution is 5.77. The topological polar surface area (TPSA) is 38.7 Å². The number of aliphatic hydroxyl groups is 1. The summed E-state index contributed by atoms with van der Waals surface area (Å²) < 4.78 is 40.0. The predicted molar refractivity (Wildman–Crippen MR) is 85.0 cm³/mol. The fourth-order valence-corrected chi connectivity index (χ4v) is 3.23. The van der Waals surface area contributed by atoms with Gasteiger partial charge in [0.25, 0.3) is 0 Å². The highest BCUT2D eigenvalue weighted by atomic mass is 19.1. The van der Waals surface area contributed by atoms with Crippen LogP contribution >= 0.6 is 0 Å². The second-order valence-corrected chi connectivity index (χ2v) is 6.25. The molecule has 0 saturated heterocycles. The van der Waals surface area contributed by atoms with Crippen LogP contribution < -0.4 is 9.47 Å². The molecule has 0 radical (unpaired) electrons. The van der Waals surface area contributed by atoms with E-state index in [1.807, 2.05) is 0 Å². The zero-order chi connectivity index (χ0) is 16.8. The normalized spacial score (nSPS) is 16.8. The molecule has 4 rings (SSSR count). The van der Waals surface area contributed by atoms with Crippen LogP contribution in [0.3, 0.4) is 0 Å². The number of hydrogen-bond acceptors (Lipinski definition) is 3. The molecule has 1 unspecified atom stereocenters. The van der Waals surface area contributed by atoms with Gasteiger partial charge in [-0.3, -0.25) is 0 Å². The van der Waals surface area contributed by atoms with Crippen LogP contribution in [-0.4, -0.2) is 11.7 Å². The number of aliphatic hydroxyl groups excluding tert-OH is 1. The molecule has 2 aliphatic rings. The Labute approximate surface area is 138 Å². The van der Waals surface area contributed by atoms with E-state index in [0.717, 1.165) is 12.8 Å². The third kappa shape index (κ3) is 2.35. The maximum absolute atomic E-state index is 14.8. The second-order valence-electron chi connectivity index (χ2n) is 6.25. The summed E-state index contributed by atoms with van der Waals surface area (Å²) >= 11 is 0. The van der Waals surface area contributed by atoms with Crippen molar-refractivity contribution in [2.75, 3.05) is 6.61 Å². The van der Waals surface area contributed by atoms with E-state index in [4.69, 9.17) is 9.47 Å². The number of halogens is 2. The van der Waals surface area contributed by atoms with Crippen molar-refractivity contribution in [2.24, 2.45) is 5.92 Å². The van der Waals surface area contributed by atoms with Gasteiger partial charge in [0.2, 0.25) is 5.82 Å². The Hall–Kier alpha value is -2.14. The SMILES string of the molecule is CCOc1ccc2c(c1F)OCc1c-2ccc(C(O)C2CC2)c1F. The summed E-state index contributed by atoms with van der Waals surface area (Å²) in [6.45, 7) is 2.06. The molecule has 0 spiro atoms. The van der Waals surface area contributed by atoms with Crippen LogP contribution in [-0.2, 0) is 6.61 Å². The molecule has 0 amide bonds. The van der Waals surface area contributed by atoms with Gasteiger partial charge < -0.3 is 14.6 Å². The van der Waals surface area contributed by atoms with Gasteiger partial charge in [0, 0.05) is 16.7 Å². The van der Waals surface area contributed by atoms with E-state index < -0.39 is 17.7 Å². The number of hydrogen-bond donors (Lipinski definition) is 1. The molecule has 1 saturated carbocycles. The van der Waals surface area contributed by atoms with Gasteiger partial charge in [0.05, 0.1) is 12.7 Å². The lowest BCUT2D eigenvalue weighted by molar-refractivity contribution is 0.148. The fraction of sp³-hybridized carbons (Fsp3) is 0.368. The Bertz CT molecular complexity index is 800. The van der Waals surface area contributed by atoms with Crippen molar-refractivity contribution < 1.29 is 23.4 Å². The molecular weight excluding hydrogens is 314 g/mol. The molecule has 1 heterocycles. The predicted octanol–water partition coefficient (Wildman–Crippen LogP) is 4.37. The first-order chi connectivity index (χ1) is 11.6. The molecule has 126 valence electrons. The molecule has 2 aromatic carbocycles. The van der Waals surface area contributed by atoms with Crippen molar-refractivity contribution in [2.45, 2.75) is 32.5 Å². The molecule has 1 fully saturated rings. The van der Waals surface area contributed by atoms with E-state index in [1.54, 1.807) is 25.1 Å². The molecule has 24 heavy (non-hydrogen) atoms. The summed E-state index contributed by atoms with van der Waals surface area (Å²) in [5, 5.41) is 10.2. The van der Waals surface area contributed by atoms with Crippen LogP contribution in [0.5, 0.6) is 11.5 Å². The van der Waals surface area contributed by atoms with Crippen LogP contribution in [0.15, 0.2) is 24.3 Å². The highest BCUT2D eigenvalue weighted by Gasteiger charge is 2.34. The van der Waals surface area contributed by atoms with Gasteiger partial charge in [-0.2, -0.15) is 4.39 Å². The van der Waals surface area contributed by atoms with Crippen LogP contribution in [0, 0.1) is 17.6 Å². The molecule has 5 heteroatoms. The Morgan fingerprint density at radius 1 is 1.17 bits per heavy atom. The molecule has 1 atom stereocenters. The molecule has 0 bridgehead atoms. The van der Waals surface area contributed by atoms with Gasteiger partial charge in [-0.15, -0.1) is 0 Å². The maximum Gasteiger partial charge on any atom is 0.207 e. The van der Waals surface area contributed by atoms with Gasteiger partial charge in [-0.25, -0.2) is 4.39 Å². The van der Waals surface area contributed by atoms with Crippen LogP contribution in [0.1, 0.15) is 37.0 Å². The van der Waals surface area contributed by atoms with Crippen LogP contribution in [0.2, 0.25) is 0 Å². The van der Waals surface area contributed by atoms with Crippen molar-refractivity contribution in [1.29, 1.82) is 0 Å². The van der Waals surface area contributed by atoms with Crippen molar-refractivity contribution in [3.05, 3.63) is 47.0 Å². The number of rotatable bonds is 4. The van der Waals surface area contributed by atoms with E-state index in [1.165, 1.54) is 6.07 Å². The molecule has 0 aromatic heterocycles. The number of fused-ring (bicyclic) bond motifs is 3. The lowest BCUT2D eigenvalue weighted by Gasteiger charge is -2.24. The van der Waals surface area contributed by atoms with Crippen molar-refractivity contribution in [1.82, 2.24) is 0 Å². The quantitative estimate of drug-likeness (QED) is 0.904. The standard InChI is InChI=1S/C19H18F2O3/c1-2-23-15-8-7-12-11-5-6-13(18(22)10-3-4-10)16(20)14(11)9-24-19(12)17(15)21/h5-8,10,18,22H,2-4,9H2,1H3. The zero-order valence-corrected chi connectivity index (χ0v) is 13.3. The van der Waals surface area contributed by atoms with Crippen LogP contribution in [0.4, 0.5) is 8.78 Å². The highest BCUT2D eigenvalue weighted by Crippen LogP contribution is 2.46.